The molecule has 7 heteroatoms. The van der Waals surface area contributed by atoms with E-state index in [4.69, 9.17) is 4.42 Å². The van der Waals surface area contributed by atoms with Crippen LogP contribution in [-0.2, 0) is 0 Å². The highest BCUT2D eigenvalue weighted by Crippen LogP contribution is 2.21. The zero-order valence-electron chi connectivity index (χ0n) is 10.8. The van der Waals surface area contributed by atoms with E-state index in [1.54, 1.807) is 24.6 Å². The van der Waals surface area contributed by atoms with Crippen LogP contribution in [0.2, 0.25) is 0 Å². The second kappa shape index (κ2) is 4.71. The van der Waals surface area contributed by atoms with E-state index < -0.39 is 0 Å². The number of nitrogens with one attached hydrogen (secondary N) is 2. The van der Waals surface area contributed by atoms with Crippen LogP contribution in [-0.4, -0.2) is 26.4 Å². The smallest absolute Gasteiger partial charge is 0.265 e. The third kappa shape index (κ3) is 2.10. The van der Waals surface area contributed by atoms with Gasteiger partial charge in [-0.1, -0.05) is 18.2 Å². The maximum atomic E-state index is 5.13. The van der Waals surface area contributed by atoms with Crippen molar-refractivity contribution in [2.75, 3.05) is 5.43 Å². The molecule has 4 rings (SSSR count). The molecule has 0 aliphatic heterocycles. The average Bonchev–Trinajstić information content (AvgIpc) is 3.13. The minimum absolute atomic E-state index is 0.317. The van der Waals surface area contributed by atoms with Crippen LogP contribution in [0.25, 0.3) is 22.1 Å². The Balaban J connectivity index is 1.66. The van der Waals surface area contributed by atoms with Crippen LogP contribution in [0.4, 0.5) is 5.95 Å². The lowest BCUT2D eigenvalue weighted by Gasteiger charge is -1.96. The van der Waals surface area contributed by atoms with Gasteiger partial charge in [-0.15, -0.1) is 10.2 Å². The molecule has 0 aliphatic carbocycles. The number of H-pyrrole nitrogens is 1. The predicted molar refractivity (Wildman–Crippen MR) is 79.1 cm³/mol. The SMILES string of the molecule is C(=N\Nc1nnc2c(n1)[nH]c1ccccc12)/c1ccco1. The molecule has 0 spiro atoms. The molecule has 7 nitrogen and oxygen atoms in total. The van der Waals surface area contributed by atoms with E-state index in [0.29, 0.717) is 17.4 Å². The molecule has 0 amide bonds. The number of furan rings is 1. The van der Waals surface area contributed by atoms with Crippen molar-refractivity contribution in [2.24, 2.45) is 5.10 Å². The summed E-state index contributed by atoms with van der Waals surface area (Å²) in [4.78, 5) is 7.54. The minimum Gasteiger partial charge on any atom is -0.463 e. The summed E-state index contributed by atoms with van der Waals surface area (Å²) in [6.45, 7) is 0. The lowest BCUT2D eigenvalue weighted by atomic mass is 10.2. The van der Waals surface area contributed by atoms with Gasteiger partial charge < -0.3 is 9.40 Å². The van der Waals surface area contributed by atoms with E-state index >= 15 is 0 Å². The van der Waals surface area contributed by atoms with Gasteiger partial charge in [0.05, 0.1) is 12.5 Å². The number of hydrazone groups is 1. The number of nitrogens with zero attached hydrogens (tertiary/aromatic N) is 4. The van der Waals surface area contributed by atoms with Crippen molar-refractivity contribution in [2.45, 2.75) is 0 Å². The van der Waals surface area contributed by atoms with Crippen LogP contribution in [0.1, 0.15) is 5.76 Å². The van der Waals surface area contributed by atoms with Gasteiger partial charge in [0.25, 0.3) is 5.95 Å². The van der Waals surface area contributed by atoms with Gasteiger partial charge >= 0.3 is 0 Å². The summed E-state index contributed by atoms with van der Waals surface area (Å²) < 4.78 is 5.13. The van der Waals surface area contributed by atoms with Gasteiger partial charge in [0.2, 0.25) is 0 Å². The maximum absolute atomic E-state index is 5.13. The molecule has 0 radical (unpaired) electrons. The Labute approximate surface area is 118 Å². The maximum Gasteiger partial charge on any atom is 0.265 e. The van der Waals surface area contributed by atoms with Crippen molar-refractivity contribution >= 4 is 34.2 Å². The fourth-order valence-electron chi connectivity index (χ4n) is 2.09. The normalized spacial score (nSPS) is 11.6. The first-order valence-corrected chi connectivity index (χ1v) is 6.34. The molecule has 102 valence electrons. The largest absolute Gasteiger partial charge is 0.463 e. The van der Waals surface area contributed by atoms with E-state index in [-0.39, 0.29) is 0 Å². The van der Waals surface area contributed by atoms with E-state index in [9.17, 15) is 0 Å². The third-order valence-electron chi connectivity index (χ3n) is 3.02. The molecule has 0 saturated carbocycles. The van der Waals surface area contributed by atoms with Crippen LogP contribution < -0.4 is 5.43 Å². The average molecular weight is 278 g/mol. The molecule has 0 atom stereocenters. The summed E-state index contributed by atoms with van der Waals surface area (Å²) >= 11 is 0. The van der Waals surface area contributed by atoms with Gasteiger partial charge in [0.15, 0.2) is 5.65 Å². The van der Waals surface area contributed by atoms with Crippen LogP contribution in [0.15, 0.2) is 52.2 Å². The van der Waals surface area contributed by atoms with Crippen molar-refractivity contribution in [3.8, 4) is 0 Å². The summed E-state index contributed by atoms with van der Waals surface area (Å²) in [5.41, 5.74) is 5.11. The number of aromatic amines is 1. The summed E-state index contributed by atoms with van der Waals surface area (Å²) in [5.74, 6) is 0.957. The zero-order valence-corrected chi connectivity index (χ0v) is 10.8. The van der Waals surface area contributed by atoms with Crippen LogP contribution >= 0.6 is 0 Å². The monoisotopic (exact) mass is 278 g/mol. The summed E-state index contributed by atoms with van der Waals surface area (Å²) in [5, 5.41) is 13.2. The first kappa shape index (κ1) is 11.6. The van der Waals surface area contributed by atoms with E-state index in [2.05, 4.69) is 30.7 Å². The zero-order chi connectivity index (χ0) is 14.1. The Hall–Kier alpha value is -3.22. The number of fused-ring (bicyclic) bond motifs is 3. The number of aromatic nitrogens is 4. The second-order valence-electron chi connectivity index (χ2n) is 4.39. The molecule has 3 heterocycles. The molecule has 0 saturated heterocycles. The molecule has 0 unspecified atom stereocenters. The molecule has 2 N–H and O–H groups in total. The summed E-state index contributed by atoms with van der Waals surface area (Å²) in [6, 6.07) is 11.4. The topological polar surface area (TPSA) is 92.0 Å². The van der Waals surface area contributed by atoms with Crippen molar-refractivity contribution in [1.29, 1.82) is 0 Å². The molecule has 1 aromatic carbocycles. The van der Waals surface area contributed by atoms with Gasteiger partial charge in [-0.25, -0.2) is 5.43 Å². The predicted octanol–water partition coefficient (Wildman–Crippen LogP) is 2.55. The Morgan fingerprint density at radius 3 is 3.00 bits per heavy atom. The molecule has 3 aromatic heterocycles. The van der Waals surface area contributed by atoms with Crippen LogP contribution in [0, 0.1) is 0 Å². The molecule has 0 bridgehead atoms. The number of para-hydroxylation sites is 1. The van der Waals surface area contributed by atoms with Crippen molar-refractivity contribution in [1.82, 2.24) is 20.2 Å². The highest BCUT2D eigenvalue weighted by Gasteiger charge is 2.07. The fourth-order valence-corrected chi connectivity index (χ4v) is 2.09. The Kier molecular flexibility index (Phi) is 2.60. The summed E-state index contributed by atoms with van der Waals surface area (Å²) in [6.07, 6.45) is 3.12. The van der Waals surface area contributed by atoms with Crippen LogP contribution in [0.3, 0.4) is 0 Å². The quantitative estimate of drug-likeness (QED) is 0.444. The Morgan fingerprint density at radius 2 is 2.10 bits per heavy atom. The van der Waals surface area contributed by atoms with Crippen molar-refractivity contribution in [3.63, 3.8) is 0 Å². The van der Waals surface area contributed by atoms with Crippen molar-refractivity contribution in [3.05, 3.63) is 48.4 Å². The second-order valence-corrected chi connectivity index (χ2v) is 4.39. The number of benzene rings is 1. The fraction of sp³-hybridized carbons (Fsp3) is 0. The molecule has 0 fully saturated rings. The summed E-state index contributed by atoms with van der Waals surface area (Å²) in [7, 11) is 0. The highest BCUT2D eigenvalue weighted by molar-refractivity contribution is 6.03. The van der Waals surface area contributed by atoms with Gasteiger partial charge in [-0.05, 0) is 18.2 Å². The Morgan fingerprint density at radius 1 is 1.14 bits per heavy atom. The van der Waals surface area contributed by atoms with Gasteiger partial charge in [-0.2, -0.15) is 10.1 Å². The standard InChI is InChI=1S/C14H10N6O/c1-2-6-11-10(5-1)12-13(16-11)17-14(20-18-12)19-15-8-9-4-3-7-21-9/h1-8H,(H2,16,17,19,20)/b15-8+. The molecule has 4 aromatic rings. The first-order valence-electron chi connectivity index (χ1n) is 6.34. The highest BCUT2D eigenvalue weighted by atomic mass is 16.3. The number of anilines is 1. The molecule has 21 heavy (non-hydrogen) atoms. The molecule has 0 aliphatic rings. The minimum atomic E-state index is 0.317. The Bertz CT molecular complexity index is 925. The molecular formula is C14H10N6O. The van der Waals surface area contributed by atoms with E-state index in [1.807, 2.05) is 24.3 Å². The number of rotatable bonds is 3. The van der Waals surface area contributed by atoms with Crippen molar-refractivity contribution < 1.29 is 4.42 Å². The lowest BCUT2D eigenvalue weighted by molar-refractivity contribution is 0.560. The van der Waals surface area contributed by atoms with Crippen LogP contribution in [0.5, 0.6) is 0 Å². The molecular weight excluding hydrogens is 268 g/mol. The van der Waals surface area contributed by atoms with Gasteiger partial charge in [0, 0.05) is 10.9 Å². The third-order valence-corrected chi connectivity index (χ3v) is 3.02. The first-order chi connectivity index (χ1) is 10.4. The number of hydrogen-bond acceptors (Lipinski definition) is 6. The van der Waals surface area contributed by atoms with Gasteiger partial charge in [-0.3, -0.25) is 0 Å². The van der Waals surface area contributed by atoms with Gasteiger partial charge in [0.1, 0.15) is 11.3 Å². The van der Waals surface area contributed by atoms with E-state index in [0.717, 1.165) is 16.4 Å². The number of hydrogen-bond donors (Lipinski definition) is 2. The van der Waals surface area contributed by atoms with E-state index in [1.165, 1.54) is 0 Å². The lowest BCUT2D eigenvalue weighted by Crippen LogP contribution is -1.98.